The molecule has 0 fully saturated rings. The molecule has 0 aliphatic carbocycles. The number of rotatable bonds is 6. The quantitative estimate of drug-likeness (QED) is 0.126. The average molecular weight is 761 g/mol. The molecule has 5 aromatic carbocycles. The summed E-state index contributed by atoms with van der Waals surface area (Å²) in [5, 5.41) is 44.7. The maximum atomic E-state index is 13.7. The van der Waals surface area contributed by atoms with Gasteiger partial charge in [-0.05, 0) is 69.8 Å². The van der Waals surface area contributed by atoms with Crippen LogP contribution in [0.25, 0.3) is 44.5 Å². The highest BCUT2D eigenvalue weighted by Crippen LogP contribution is 2.61. The average Bonchev–Trinajstić information content (AvgIpc) is 3.79. The van der Waals surface area contributed by atoms with Crippen LogP contribution in [-0.4, -0.2) is 12.7 Å². The summed E-state index contributed by atoms with van der Waals surface area (Å²) in [4.78, 5) is 0. The number of fused-ring (bicyclic) bond motifs is 2. The molecular weight excluding hydrogens is 742 g/mol. The van der Waals surface area contributed by atoms with Crippen LogP contribution in [0.3, 0.4) is 0 Å². The highest BCUT2D eigenvalue weighted by Gasteiger charge is 2.40. The molecule has 274 valence electrons. The number of ether oxygens (including phenoxy) is 4. The molecule has 0 aromatic heterocycles. The van der Waals surface area contributed by atoms with E-state index in [0.717, 1.165) is 24.3 Å². The van der Waals surface area contributed by atoms with Gasteiger partial charge in [0, 0.05) is 0 Å². The predicted molar refractivity (Wildman–Crippen MR) is 187 cm³/mol. The Morgan fingerprint density at radius 3 is 1.14 bits per heavy atom. The molecule has 2 N–H and O–H groups in total. The lowest BCUT2D eigenvalue weighted by Gasteiger charge is -2.19. The van der Waals surface area contributed by atoms with Gasteiger partial charge in [0.25, 0.3) is 0 Å². The number of halogens is 6. The van der Waals surface area contributed by atoms with Gasteiger partial charge in [-0.25, -0.2) is 0 Å². The Labute approximate surface area is 312 Å². The molecule has 0 unspecified atom stereocenters. The van der Waals surface area contributed by atoms with Crippen LogP contribution in [0.1, 0.15) is 0 Å². The van der Waals surface area contributed by atoms with Crippen LogP contribution >= 0.6 is 0 Å². The summed E-state index contributed by atoms with van der Waals surface area (Å²) in [5.41, 5.74) is -0.122. The summed E-state index contributed by atoms with van der Waals surface area (Å²) in [5.74, 6) is -2.61. The van der Waals surface area contributed by atoms with E-state index in [1.165, 1.54) is 12.1 Å². The number of benzene rings is 5. The zero-order chi connectivity index (χ0) is 39.8. The van der Waals surface area contributed by atoms with Gasteiger partial charge in [-0.1, -0.05) is 60.7 Å². The van der Waals surface area contributed by atoms with E-state index < -0.39 is 47.1 Å². The third-order valence-corrected chi connectivity index (χ3v) is 8.27. The molecule has 5 aromatic rings. The van der Waals surface area contributed by atoms with E-state index in [2.05, 4.69) is 20.1 Å². The Balaban J connectivity index is 1.60. The maximum absolute atomic E-state index is 13.7. The lowest BCUT2D eigenvalue weighted by Crippen LogP contribution is -2.17. The third-order valence-electron chi connectivity index (χ3n) is 8.27. The second kappa shape index (κ2) is 14.0. The highest BCUT2D eigenvalue weighted by molar-refractivity contribution is 6.06. The number of alkyl halides is 6. The lowest BCUT2D eigenvalue weighted by atomic mass is 9.91. The van der Waals surface area contributed by atoms with Crippen molar-refractivity contribution in [2.45, 2.75) is 12.7 Å². The summed E-state index contributed by atoms with van der Waals surface area (Å²) < 4.78 is 103. The second-order valence-corrected chi connectivity index (χ2v) is 11.8. The van der Waals surface area contributed by atoms with Gasteiger partial charge in [0.1, 0.15) is 35.8 Å². The number of nitriles is 4. The SMILES string of the molecule is N#CC(C#N)=C1Nc2c(c(-c3cc(OC(F)(F)F)cc(-c4ccccc4)c3)c3c(c2-c2cc(OC(F)(F)F)cc(-c4ccccc4)c2)OC(=C(C#N)C#N)N3)O1. The van der Waals surface area contributed by atoms with E-state index in [0.29, 0.717) is 11.1 Å². The molecule has 2 aliphatic rings. The van der Waals surface area contributed by atoms with Crippen molar-refractivity contribution in [1.82, 2.24) is 0 Å². The molecule has 10 nitrogen and oxygen atoms in total. The van der Waals surface area contributed by atoms with Crippen molar-refractivity contribution < 1.29 is 45.3 Å². The Morgan fingerprint density at radius 2 is 0.821 bits per heavy atom. The van der Waals surface area contributed by atoms with Gasteiger partial charge in [-0.15, -0.1) is 26.3 Å². The number of allylic oxidation sites excluding steroid dienone is 2. The van der Waals surface area contributed by atoms with Crippen LogP contribution in [0.15, 0.2) is 120 Å². The van der Waals surface area contributed by atoms with Crippen LogP contribution in [0.2, 0.25) is 0 Å². The van der Waals surface area contributed by atoms with E-state index in [9.17, 15) is 47.4 Å². The Morgan fingerprint density at radius 1 is 0.482 bits per heavy atom. The smallest absolute Gasteiger partial charge is 0.436 e. The molecule has 0 bridgehead atoms. The number of hydrogen-bond donors (Lipinski definition) is 2. The molecule has 2 aliphatic heterocycles. The molecule has 0 saturated heterocycles. The lowest BCUT2D eigenvalue weighted by molar-refractivity contribution is -0.275. The largest absolute Gasteiger partial charge is 0.573 e. The zero-order valence-electron chi connectivity index (χ0n) is 27.9. The topological polar surface area (TPSA) is 156 Å². The molecule has 2 heterocycles. The Bertz CT molecular complexity index is 2410. The van der Waals surface area contributed by atoms with Gasteiger partial charge in [-0.2, -0.15) is 21.0 Å². The fourth-order valence-electron chi connectivity index (χ4n) is 6.13. The minimum Gasteiger partial charge on any atom is -0.436 e. The number of hydrogen-bond acceptors (Lipinski definition) is 10. The molecule has 0 spiro atoms. The van der Waals surface area contributed by atoms with Crippen molar-refractivity contribution in [3.8, 4) is 91.8 Å². The molecular formula is C40H18F6N6O4. The van der Waals surface area contributed by atoms with Crippen LogP contribution in [0, 0.1) is 45.3 Å². The molecule has 0 saturated carbocycles. The highest BCUT2D eigenvalue weighted by atomic mass is 19.4. The van der Waals surface area contributed by atoms with E-state index in [1.54, 1.807) is 84.9 Å². The monoisotopic (exact) mass is 760 g/mol. The van der Waals surface area contributed by atoms with Crippen molar-refractivity contribution in [2.24, 2.45) is 0 Å². The summed E-state index contributed by atoms with van der Waals surface area (Å²) in [6.45, 7) is 0. The number of nitrogens with zero attached hydrogens (tertiary/aromatic N) is 4. The molecule has 7 rings (SSSR count). The summed E-state index contributed by atoms with van der Waals surface area (Å²) in [6.07, 6.45) is -10.3. The van der Waals surface area contributed by atoms with Gasteiger partial charge in [0.2, 0.25) is 11.8 Å². The van der Waals surface area contributed by atoms with E-state index in [-0.39, 0.29) is 56.3 Å². The molecule has 0 radical (unpaired) electrons. The Kier molecular flexibility index (Phi) is 9.10. The first-order valence-corrected chi connectivity index (χ1v) is 15.9. The molecule has 56 heavy (non-hydrogen) atoms. The zero-order valence-corrected chi connectivity index (χ0v) is 27.9. The number of anilines is 2. The van der Waals surface area contributed by atoms with Gasteiger partial charge in [0.15, 0.2) is 22.6 Å². The standard InChI is InChI=1S/C40H18F6N6O4/c41-39(42,43)55-29-13-23(21-7-3-1-4-8-21)11-25(15-29)31-33-36(54-37(51-33)27(17-47)18-48)32(34-35(31)53-38(52-34)28(19-49)20-50)26-12-24(22-9-5-2-6-10-22)14-30(16-26)56-40(44,45)46/h1-16,51-52H. The fourth-order valence-corrected chi connectivity index (χ4v) is 6.13. The van der Waals surface area contributed by atoms with Gasteiger partial charge >= 0.3 is 12.7 Å². The molecule has 0 atom stereocenters. The summed E-state index contributed by atoms with van der Waals surface area (Å²) in [7, 11) is 0. The van der Waals surface area contributed by atoms with E-state index in [1.807, 2.05) is 0 Å². The van der Waals surface area contributed by atoms with Crippen LogP contribution in [0.4, 0.5) is 37.7 Å². The predicted octanol–water partition coefficient (Wildman–Crippen LogP) is 10.3. The minimum absolute atomic E-state index is 0.0184. The molecule has 0 amide bonds. The van der Waals surface area contributed by atoms with E-state index in [4.69, 9.17) is 9.47 Å². The van der Waals surface area contributed by atoms with Crippen molar-refractivity contribution in [2.75, 3.05) is 10.6 Å². The van der Waals surface area contributed by atoms with E-state index >= 15 is 0 Å². The first-order chi connectivity index (χ1) is 26.8. The molecule has 16 heteroatoms. The van der Waals surface area contributed by atoms with Crippen LogP contribution < -0.4 is 29.6 Å². The normalized spacial score (nSPS) is 12.5. The first-order valence-electron chi connectivity index (χ1n) is 15.9. The van der Waals surface area contributed by atoms with Gasteiger partial charge in [-0.3, -0.25) is 0 Å². The Hall–Kier alpha value is -8.08. The third kappa shape index (κ3) is 7.14. The summed E-state index contributed by atoms with van der Waals surface area (Å²) >= 11 is 0. The van der Waals surface area contributed by atoms with Crippen molar-refractivity contribution >= 4 is 11.4 Å². The fraction of sp³-hybridized carbons (Fsp3) is 0.0500. The second-order valence-electron chi connectivity index (χ2n) is 11.8. The van der Waals surface area contributed by atoms with Crippen molar-refractivity contribution in [1.29, 1.82) is 21.0 Å². The summed E-state index contributed by atoms with van der Waals surface area (Å²) in [6, 6.07) is 30.6. The number of nitrogens with one attached hydrogen (secondary N) is 2. The van der Waals surface area contributed by atoms with Gasteiger partial charge in [0.05, 0.1) is 22.5 Å². The van der Waals surface area contributed by atoms with Crippen LogP contribution in [-0.2, 0) is 0 Å². The van der Waals surface area contributed by atoms with Crippen molar-refractivity contribution in [3.63, 3.8) is 0 Å². The minimum atomic E-state index is -5.13. The van der Waals surface area contributed by atoms with Gasteiger partial charge < -0.3 is 29.6 Å². The maximum Gasteiger partial charge on any atom is 0.573 e. The van der Waals surface area contributed by atoms with Crippen LogP contribution in [0.5, 0.6) is 23.0 Å². The van der Waals surface area contributed by atoms with Crippen molar-refractivity contribution in [3.05, 3.63) is 120 Å². The first kappa shape index (κ1) is 36.3.